The molecule has 0 aliphatic carbocycles. The third-order valence-electron chi connectivity index (χ3n) is 7.49. The summed E-state index contributed by atoms with van der Waals surface area (Å²) in [6.07, 6.45) is 15.5. The molecule has 0 saturated carbocycles. The minimum Gasteiger partial charge on any atom is -0.303 e. The Morgan fingerprint density at radius 3 is 1.38 bits per heavy atom. The molecule has 3 aliphatic heterocycles. The van der Waals surface area contributed by atoms with Crippen LogP contribution in [-0.4, -0.2) is 79.4 Å². The van der Waals surface area contributed by atoms with E-state index in [4.69, 9.17) is 0 Å². The summed E-state index contributed by atoms with van der Waals surface area (Å²) in [4.78, 5) is 21.7. The van der Waals surface area contributed by atoms with Gasteiger partial charge in [0.1, 0.15) is 5.78 Å². The Morgan fingerprint density at radius 2 is 1.00 bits per heavy atom. The fourth-order valence-corrected chi connectivity index (χ4v) is 5.71. The molecule has 1 atom stereocenters. The molecule has 3 rings (SSSR count). The molecule has 3 aliphatic rings. The molecular weight excluding hydrogens is 358 g/mol. The monoisotopic (exact) mass is 405 g/mol. The summed E-state index contributed by atoms with van der Waals surface area (Å²) in [7, 11) is 0. The van der Waals surface area contributed by atoms with E-state index in [2.05, 4.69) is 21.6 Å². The van der Waals surface area contributed by atoms with Crippen molar-refractivity contribution < 1.29 is 4.79 Å². The number of unbranched alkanes of at least 4 members (excludes halogenated alkanes) is 1. The molecule has 4 nitrogen and oxygen atoms in total. The van der Waals surface area contributed by atoms with Crippen LogP contribution in [0.5, 0.6) is 0 Å². The van der Waals surface area contributed by atoms with Crippen molar-refractivity contribution in [1.29, 1.82) is 0 Å². The number of piperidine rings is 3. The molecule has 168 valence electrons. The smallest absolute Gasteiger partial charge is 0.142 e. The first-order valence-corrected chi connectivity index (χ1v) is 13.0. The minimum absolute atomic E-state index is 0.220. The normalized spacial score (nSPS) is 24.1. The fraction of sp³-hybridized carbons (Fsp3) is 0.960. The van der Waals surface area contributed by atoms with Crippen molar-refractivity contribution in [2.24, 2.45) is 11.8 Å². The van der Waals surface area contributed by atoms with Gasteiger partial charge in [0.05, 0.1) is 0 Å². The lowest BCUT2D eigenvalue weighted by molar-refractivity contribution is -0.129. The van der Waals surface area contributed by atoms with E-state index in [9.17, 15) is 4.79 Å². The van der Waals surface area contributed by atoms with Gasteiger partial charge >= 0.3 is 0 Å². The van der Waals surface area contributed by atoms with Crippen LogP contribution in [0, 0.1) is 11.8 Å². The number of ketones is 1. The van der Waals surface area contributed by atoms with Gasteiger partial charge in [-0.25, -0.2) is 0 Å². The summed E-state index contributed by atoms with van der Waals surface area (Å²) < 4.78 is 0. The van der Waals surface area contributed by atoms with Gasteiger partial charge in [0.15, 0.2) is 0 Å². The maximum atomic E-state index is 13.9. The predicted molar refractivity (Wildman–Crippen MR) is 122 cm³/mol. The molecule has 3 heterocycles. The zero-order chi connectivity index (χ0) is 20.3. The molecule has 0 amide bonds. The molecule has 0 N–H and O–H groups in total. The highest BCUT2D eigenvalue weighted by Crippen LogP contribution is 2.23. The maximum absolute atomic E-state index is 13.9. The Bertz CT molecular complexity index is 431. The summed E-state index contributed by atoms with van der Waals surface area (Å²) in [6.45, 7) is 12.5. The van der Waals surface area contributed by atoms with E-state index in [1.165, 1.54) is 110 Å². The molecule has 29 heavy (non-hydrogen) atoms. The number of Topliss-reactive ketones (excluding diaryl/α,β-unsaturated/α-hetero) is 1. The Morgan fingerprint density at radius 1 is 0.621 bits per heavy atom. The maximum Gasteiger partial charge on any atom is 0.142 e. The number of hydrogen-bond acceptors (Lipinski definition) is 4. The average molecular weight is 406 g/mol. The second kappa shape index (κ2) is 13.1. The van der Waals surface area contributed by atoms with Crippen molar-refractivity contribution in [2.45, 2.75) is 84.0 Å². The number of rotatable bonds is 11. The molecular formula is C25H47N3O. The first-order valence-electron chi connectivity index (χ1n) is 13.0. The van der Waals surface area contributed by atoms with Gasteiger partial charge < -0.3 is 14.7 Å². The van der Waals surface area contributed by atoms with E-state index >= 15 is 0 Å². The molecule has 0 aromatic heterocycles. The first-order chi connectivity index (χ1) is 14.3. The largest absolute Gasteiger partial charge is 0.303 e. The molecule has 4 heteroatoms. The minimum atomic E-state index is 0.220. The number of likely N-dealkylation sites (tertiary alicyclic amines) is 3. The summed E-state index contributed by atoms with van der Waals surface area (Å²) in [6, 6.07) is 0. The van der Waals surface area contributed by atoms with Crippen molar-refractivity contribution in [3.05, 3.63) is 0 Å². The lowest BCUT2D eigenvalue weighted by Gasteiger charge is -2.36. The van der Waals surface area contributed by atoms with Crippen LogP contribution in [0.2, 0.25) is 0 Å². The highest BCUT2D eigenvalue weighted by Gasteiger charge is 2.31. The summed E-state index contributed by atoms with van der Waals surface area (Å²) in [5.74, 6) is 1.07. The van der Waals surface area contributed by atoms with Gasteiger partial charge in [0.2, 0.25) is 0 Å². The van der Waals surface area contributed by atoms with Crippen LogP contribution >= 0.6 is 0 Å². The zero-order valence-electron chi connectivity index (χ0n) is 19.3. The molecule has 3 saturated heterocycles. The lowest BCUT2D eigenvalue weighted by atomic mass is 9.86. The average Bonchev–Trinajstić information content (AvgIpc) is 2.78. The second-order valence-corrected chi connectivity index (χ2v) is 10.0. The van der Waals surface area contributed by atoms with Crippen molar-refractivity contribution >= 4 is 5.78 Å². The summed E-state index contributed by atoms with van der Waals surface area (Å²) in [5, 5.41) is 0. The Kier molecular flexibility index (Phi) is 10.5. The van der Waals surface area contributed by atoms with Gasteiger partial charge in [-0.05, 0) is 84.2 Å². The molecule has 0 aromatic carbocycles. The van der Waals surface area contributed by atoms with Crippen molar-refractivity contribution in [3.63, 3.8) is 0 Å². The SMILES string of the molecule is CCCCC(CN1CCCCC1)C(=O)C(CN1CCCCC1)CN1CCCCC1. The van der Waals surface area contributed by atoms with Crippen LogP contribution in [0.3, 0.4) is 0 Å². The van der Waals surface area contributed by atoms with E-state index < -0.39 is 0 Å². The highest BCUT2D eigenvalue weighted by molar-refractivity contribution is 5.84. The van der Waals surface area contributed by atoms with Gasteiger partial charge in [0.25, 0.3) is 0 Å². The van der Waals surface area contributed by atoms with Crippen LogP contribution in [0.25, 0.3) is 0 Å². The molecule has 1 unspecified atom stereocenters. The van der Waals surface area contributed by atoms with E-state index in [-0.39, 0.29) is 11.8 Å². The molecule has 0 bridgehead atoms. The second-order valence-electron chi connectivity index (χ2n) is 10.0. The molecule has 0 radical (unpaired) electrons. The third-order valence-corrected chi connectivity index (χ3v) is 7.49. The van der Waals surface area contributed by atoms with Gasteiger partial charge in [-0.15, -0.1) is 0 Å². The van der Waals surface area contributed by atoms with Crippen LogP contribution in [0.1, 0.15) is 84.0 Å². The first kappa shape index (κ1) is 23.2. The fourth-order valence-electron chi connectivity index (χ4n) is 5.71. The van der Waals surface area contributed by atoms with Gasteiger partial charge in [-0.3, -0.25) is 4.79 Å². The van der Waals surface area contributed by atoms with E-state index in [0.29, 0.717) is 5.78 Å². The topological polar surface area (TPSA) is 26.8 Å². The highest BCUT2D eigenvalue weighted by atomic mass is 16.1. The van der Waals surface area contributed by atoms with Crippen LogP contribution in [0.15, 0.2) is 0 Å². The van der Waals surface area contributed by atoms with E-state index in [0.717, 1.165) is 26.1 Å². The Balaban J connectivity index is 1.65. The van der Waals surface area contributed by atoms with E-state index in [1.807, 2.05) is 0 Å². The summed E-state index contributed by atoms with van der Waals surface area (Å²) in [5.41, 5.74) is 0. The molecule has 0 spiro atoms. The van der Waals surface area contributed by atoms with Crippen molar-refractivity contribution in [3.8, 4) is 0 Å². The Labute approximate surface area is 180 Å². The quantitative estimate of drug-likeness (QED) is 0.508. The van der Waals surface area contributed by atoms with E-state index in [1.54, 1.807) is 0 Å². The zero-order valence-corrected chi connectivity index (χ0v) is 19.3. The van der Waals surface area contributed by atoms with Crippen LogP contribution in [0.4, 0.5) is 0 Å². The van der Waals surface area contributed by atoms with Crippen molar-refractivity contribution in [1.82, 2.24) is 14.7 Å². The third kappa shape index (κ3) is 7.95. The van der Waals surface area contributed by atoms with Gasteiger partial charge in [0, 0.05) is 31.5 Å². The van der Waals surface area contributed by atoms with Crippen LogP contribution in [-0.2, 0) is 4.79 Å². The molecule has 3 fully saturated rings. The Hall–Kier alpha value is -0.450. The number of hydrogen-bond donors (Lipinski definition) is 0. The van der Waals surface area contributed by atoms with Crippen LogP contribution < -0.4 is 0 Å². The van der Waals surface area contributed by atoms with Crippen molar-refractivity contribution in [2.75, 3.05) is 58.9 Å². The predicted octanol–water partition coefficient (Wildman–Crippen LogP) is 4.44. The summed E-state index contributed by atoms with van der Waals surface area (Å²) >= 11 is 0. The lowest BCUT2D eigenvalue weighted by Crippen LogP contribution is -2.47. The standard InChI is InChI=1S/C25H47N3O/c1-2-3-13-23(20-26-14-7-4-8-15-26)25(29)24(21-27-16-9-5-10-17-27)22-28-18-11-6-12-19-28/h23-24H,2-22H2,1H3. The van der Waals surface area contributed by atoms with Gasteiger partial charge in [-0.2, -0.15) is 0 Å². The molecule has 0 aromatic rings. The number of carbonyl (C=O) groups is 1. The number of nitrogens with zero attached hydrogens (tertiary/aromatic N) is 3. The number of carbonyl (C=O) groups excluding carboxylic acids is 1. The van der Waals surface area contributed by atoms with Gasteiger partial charge in [-0.1, -0.05) is 39.0 Å².